The number of benzene rings is 3. The van der Waals surface area contributed by atoms with Gasteiger partial charge in [0, 0.05) is 11.1 Å². The van der Waals surface area contributed by atoms with Gasteiger partial charge in [-0.3, -0.25) is 4.79 Å². The highest BCUT2D eigenvalue weighted by Crippen LogP contribution is 2.23. The lowest BCUT2D eigenvalue weighted by molar-refractivity contribution is 0.103. The number of ketones is 1. The van der Waals surface area contributed by atoms with Gasteiger partial charge in [0.1, 0.15) is 0 Å². The average molecular weight is 259 g/mol. The molecule has 20 heavy (non-hydrogen) atoms. The van der Waals surface area contributed by atoms with E-state index < -0.39 is 0 Å². The molecule has 0 amide bonds. The van der Waals surface area contributed by atoms with Gasteiger partial charge in [-0.2, -0.15) is 0 Å². The summed E-state index contributed by atoms with van der Waals surface area (Å²) in [5.74, 6) is 0.0704. The van der Waals surface area contributed by atoms with Gasteiger partial charge in [0.2, 0.25) is 0 Å². The van der Waals surface area contributed by atoms with E-state index in [1.807, 2.05) is 66.7 Å². The Bertz CT molecular complexity index is 766. The van der Waals surface area contributed by atoms with Gasteiger partial charge in [0.15, 0.2) is 5.78 Å². The molecule has 0 aliphatic heterocycles. The van der Waals surface area contributed by atoms with Gasteiger partial charge in [-0.25, -0.2) is 0 Å². The van der Waals surface area contributed by atoms with Gasteiger partial charge in [0.05, 0.1) is 0 Å². The fourth-order valence-electron chi connectivity index (χ4n) is 2.53. The van der Waals surface area contributed by atoms with Crippen molar-refractivity contribution in [1.29, 1.82) is 0 Å². The van der Waals surface area contributed by atoms with E-state index in [4.69, 9.17) is 0 Å². The van der Waals surface area contributed by atoms with E-state index in [-0.39, 0.29) is 5.78 Å². The number of hydrogen-bond donors (Lipinski definition) is 0. The van der Waals surface area contributed by atoms with Crippen molar-refractivity contribution in [1.82, 2.24) is 0 Å². The third kappa shape index (κ3) is 2.12. The highest BCUT2D eigenvalue weighted by atomic mass is 16.1. The van der Waals surface area contributed by atoms with E-state index in [2.05, 4.69) is 6.92 Å². The molecule has 3 rings (SSSR count). The molecule has 0 saturated heterocycles. The minimum Gasteiger partial charge on any atom is -0.289 e. The zero-order valence-corrected chi connectivity index (χ0v) is 11.2. The van der Waals surface area contributed by atoms with Crippen LogP contribution in [-0.4, -0.2) is 5.78 Å². The zero-order valence-electron chi connectivity index (χ0n) is 11.2. The van der Waals surface area contributed by atoms with Gasteiger partial charge in [-0.15, -0.1) is 0 Å². The molecule has 0 aromatic heterocycles. The van der Waals surface area contributed by atoms with Crippen LogP contribution >= 0.6 is 0 Å². The highest BCUT2D eigenvalue weighted by molar-refractivity contribution is 6.17. The average Bonchev–Trinajstić information content (AvgIpc) is 2.53. The number of carbonyl (C=O) groups excluding carboxylic acids is 1. The molecule has 0 N–H and O–H groups in total. The standard InChI is InChI=1S/C19H15O/c1-2-14-8-3-6-12-17(14)19(20)18-13-7-10-15-9-4-5-11-16(15)18/h3-13H,1-2H2. The van der Waals surface area contributed by atoms with Gasteiger partial charge in [-0.05, 0) is 29.7 Å². The van der Waals surface area contributed by atoms with Gasteiger partial charge < -0.3 is 0 Å². The van der Waals surface area contributed by atoms with Crippen molar-refractivity contribution in [2.24, 2.45) is 0 Å². The topological polar surface area (TPSA) is 17.1 Å². The molecule has 0 fully saturated rings. The molecular formula is C19H15O. The fourth-order valence-corrected chi connectivity index (χ4v) is 2.53. The molecule has 0 heterocycles. The van der Waals surface area contributed by atoms with Crippen LogP contribution in [0.1, 0.15) is 21.5 Å². The smallest absolute Gasteiger partial charge is 0.193 e. The summed E-state index contributed by atoms with van der Waals surface area (Å²) >= 11 is 0. The van der Waals surface area contributed by atoms with Crippen LogP contribution in [0.2, 0.25) is 0 Å². The summed E-state index contributed by atoms with van der Waals surface area (Å²) in [5.41, 5.74) is 2.49. The van der Waals surface area contributed by atoms with Crippen molar-refractivity contribution in [3.8, 4) is 0 Å². The Morgan fingerprint density at radius 1 is 0.800 bits per heavy atom. The molecule has 3 aromatic rings. The van der Waals surface area contributed by atoms with Crippen LogP contribution in [0.3, 0.4) is 0 Å². The Kier molecular flexibility index (Phi) is 3.34. The third-order valence-electron chi connectivity index (χ3n) is 3.57. The maximum absolute atomic E-state index is 12.8. The Labute approximate surface area is 118 Å². The monoisotopic (exact) mass is 259 g/mol. The maximum Gasteiger partial charge on any atom is 0.193 e. The Balaban J connectivity index is 2.18. The second-order valence-electron chi connectivity index (χ2n) is 4.76. The number of rotatable bonds is 3. The lowest BCUT2D eigenvalue weighted by Gasteiger charge is -2.09. The van der Waals surface area contributed by atoms with Crippen LogP contribution in [0.15, 0.2) is 66.7 Å². The summed E-state index contributed by atoms with van der Waals surface area (Å²) in [5, 5.41) is 2.09. The zero-order chi connectivity index (χ0) is 13.9. The first-order valence-electron chi connectivity index (χ1n) is 6.71. The minimum atomic E-state index is 0.0704. The Morgan fingerprint density at radius 3 is 2.30 bits per heavy atom. The minimum absolute atomic E-state index is 0.0704. The number of hydrogen-bond acceptors (Lipinski definition) is 1. The van der Waals surface area contributed by atoms with Crippen molar-refractivity contribution < 1.29 is 4.79 Å². The van der Waals surface area contributed by atoms with E-state index in [1.165, 1.54) is 0 Å². The molecule has 0 unspecified atom stereocenters. The molecule has 0 bridgehead atoms. The van der Waals surface area contributed by atoms with Crippen molar-refractivity contribution in [3.63, 3.8) is 0 Å². The SMILES string of the molecule is [CH2]Cc1ccccc1C(=O)c1cccc2ccccc12. The molecule has 1 heteroatoms. The molecule has 0 aliphatic carbocycles. The van der Waals surface area contributed by atoms with Crippen molar-refractivity contribution in [3.05, 3.63) is 90.3 Å². The van der Waals surface area contributed by atoms with Crippen molar-refractivity contribution >= 4 is 16.6 Å². The van der Waals surface area contributed by atoms with E-state index in [9.17, 15) is 4.79 Å². The highest BCUT2D eigenvalue weighted by Gasteiger charge is 2.14. The van der Waals surface area contributed by atoms with Crippen molar-refractivity contribution in [2.75, 3.05) is 0 Å². The summed E-state index contributed by atoms with van der Waals surface area (Å²) in [7, 11) is 0. The van der Waals surface area contributed by atoms with Crippen LogP contribution in [-0.2, 0) is 6.42 Å². The van der Waals surface area contributed by atoms with Crippen molar-refractivity contribution in [2.45, 2.75) is 6.42 Å². The van der Waals surface area contributed by atoms with E-state index in [0.29, 0.717) is 6.42 Å². The fraction of sp³-hybridized carbons (Fsp3) is 0.0526. The molecule has 0 aliphatic rings. The summed E-state index contributed by atoms with van der Waals surface area (Å²) < 4.78 is 0. The Morgan fingerprint density at radius 2 is 1.45 bits per heavy atom. The number of carbonyl (C=O) groups is 1. The second kappa shape index (κ2) is 5.30. The molecule has 1 nitrogen and oxygen atoms in total. The molecule has 0 spiro atoms. The van der Waals surface area contributed by atoms with E-state index >= 15 is 0 Å². The first kappa shape index (κ1) is 12.6. The largest absolute Gasteiger partial charge is 0.289 e. The molecule has 0 saturated carbocycles. The van der Waals surface area contributed by atoms with Gasteiger partial charge >= 0.3 is 0 Å². The molecule has 3 aromatic carbocycles. The molecule has 0 atom stereocenters. The molecule has 1 radical (unpaired) electrons. The first-order valence-corrected chi connectivity index (χ1v) is 6.71. The molecule has 97 valence electrons. The normalized spacial score (nSPS) is 10.7. The second-order valence-corrected chi connectivity index (χ2v) is 4.76. The molecular weight excluding hydrogens is 244 g/mol. The summed E-state index contributed by atoms with van der Waals surface area (Å²) in [4.78, 5) is 12.8. The lowest BCUT2D eigenvalue weighted by atomic mass is 9.94. The first-order chi connectivity index (χ1) is 9.81. The lowest BCUT2D eigenvalue weighted by Crippen LogP contribution is -2.05. The predicted octanol–water partition coefficient (Wildman–Crippen LogP) is 4.45. The van der Waals surface area contributed by atoms with Gasteiger partial charge in [0.25, 0.3) is 0 Å². The Hall–Kier alpha value is -2.41. The quantitative estimate of drug-likeness (QED) is 0.635. The maximum atomic E-state index is 12.8. The van der Waals surface area contributed by atoms with Crippen LogP contribution < -0.4 is 0 Å². The summed E-state index contributed by atoms with van der Waals surface area (Å²) in [6.07, 6.45) is 0.618. The van der Waals surface area contributed by atoms with Gasteiger partial charge in [-0.1, -0.05) is 66.7 Å². The van der Waals surface area contributed by atoms with E-state index in [0.717, 1.165) is 27.5 Å². The number of fused-ring (bicyclic) bond motifs is 1. The van der Waals surface area contributed by atoms with Crippen LogP contribution in [0.25, 0.3) is 10.8 Å². The van der Waals surface area contributed by atoms with Crippen LogP contribution in [0.4, 0.5) is 0 Å². The third-order valence-corrected chi connectivity index (χ3v) is 3.57. The van der Waals surface area contributed by atoms with Crippen LogP contribution in [0, 0.1) is 6.92 Å². The summed E-state index contributed by atoms with van der Waals surface area (Å²) in [6, 6.07) is 21.5. The van der Waals surface area contributed by atoms with E-state index in [1.54, 1.807) is 0 Å². The predicted molar refractivity (Wildman–Crippen MR) is 82.9 cm³/mol. The summed E-state index contributed by atoms with van der Waals surface area (Å²) in [6.45, 7) is 3.90. The van der Waals surface area contributed by atoms with Crippen LogP contribution in [0.5, 0.6) is 0 Å².